The van der Waals surface area contributed by atoms with Crippen molar-refractivity contribution in [2.45, 2.75) is 65.4 Å². The van der Waals surface area contributed by atoms with Crippen LogP contribution in [0.3, 0.4) is 0 Å². The lowest BCUT2D eigenvalue weighted by atomic mass is 9.45. The van der Waals surface area contributed by atoms with Gasteiger partial charge in [-0.15, -0.1) is 0 Å². The topological polar surface area (TPSA) is 46.0 Å². The molecule has 27 heavy (non-hydrogen) atoms. The highest BCUT2D eigenvalue weighted by molar-refractivity contribution is 5.70. The molecule has 4 aliphatic carbocycles. The first-order valence-electron chi connectivity index (χ1n) is 10.8. The molecule has 5 rings (SSSR count). The summed E-state index contributed by atoms with van der Waals surface area (Å²) in [5.74, 6) is 2.81. The number of allylic oxidation sites excluding steroid dienone is 3. The maximum absolute atomic E-state index is 10.2. The third kappa shape index (κ3) is 2.43. The van der Waals surface area contributed by atoms with E-state index in [-0.39, 0.29) is 11.5 Å². The standard InChI is InChI=1S/C24H32N2O/c1-15-12-16-13-17(27)6-9-23(16,2)20-7-10-24(3)18(4-5-19(24)22(15)20)21-8-11-25-14-26-21/h4,8,11-12,14-15,17,19-20,22,27H,5-7,9-10,13H2,1-3H3/t15?,17?,19-,20+,22-,23-,24+/m0/s1. The van der Waals surface area contributed by atoms with Crippen molar-refractivity contribution >= 4 is 5.57 Å². The third-order valence-corrected chi connectivity index (χ3v) is 8.85. The van der Waals surface area contributed by atoms with Crippen molar-refractivity contribution in [3.63, 3.8) is 0 Å². The summed E-state index contributed by atoms with van der Waals surface area (Å²) in [6.45, 7) is 7.43. The molecule has 0 aromatic carbocycles. The Morgan fingerprint density at radius 2 is 1.93 bits per heavy atom. The summed E-state index contributed by atoms with van der Waals surface area (Å²) in [7, 11) is 0. The summed E-state index contributed by atoms with van der Waals surface area (Å²) < 4.78 is 0. The predicted molar refractivity (Wildman–Crippen MR) is 108 cm³/mol. The first kappa shape index (κ1) is 17.6. The van der Waals surface area contributed by atoms with Gasteiger partial charge in [0, 0.05) is 6.20 Å². The minimum atomic E-state index is -0.126. The Bertz CT molecular complexity index is 800. The van der Waals surface area contributed by atoms with Crippen LogP contribution in [0.5, 0.6) is 0 Å². The summed E-state index contributed by atoms with van der Waals surface area (Å²) in [6.07, 6.45) is 15.2. The summed E-state index contributed by atoms with van der Waals surface area (Å²) in [4.78, 5) is 8.70. The molecule has 1 heterocycles. The van der Waals surface area contributed by atoms with Gasteiger partial charge in [0.05, 0.1) is 11.8 Å². The van der Waals surface area contributed by atoms with Gasteiger partial charge in [-0.05, 0) is 84.7 Å². The van der Waals surface area contributed by atoms with Gasteiger partial charge in [-0.3, -0.25) is 0 Å². The van der Waals surface area contributed by atoms with Gasteiger partial charge in [0.2, 0.25) is 0 Å². The van der Waals surface area contributed by atoms with Crippen molar-refractivity contribution in [1.82, 2.24) is 9.97 Å². The van der Waals surface area contributed by atoms with E-state index in [1.54, 1.807) is 11.9 Å². The van der Waals surface area contributed by atoms with Crippen molar-refractivity contribution in [3.8, 4) is 0 Å². The van der Waals surface area contributed by atoms with E-state index in [4.69, 9.17) is 0 Å². The second-order valence-electron chi connectivity index (χ2n) is 10.1. The van der Waals surface area contributed by atoms with Crippen LogP contribution in [0.2, 0.25) is 0 Å². The number of hydrogen-bond acceptors (Lipinski definition) is 3. The maximum Gasteiger partial charge on any atom is 0.116 e. The molecule has 2 fully saturated rings. The lowest BCUT2D eigenvalue weighted by molar-refractivity contribution is -0.0426. The van der Waals surface area contributed by atoms with Crippen molar-refractivity contribution < 1.29 is 5.11 Å². The van der Waals surface area contributed by atoms with Crippen LogP contribution in [0.1, 0.15) is 65.0 Å². The molecule has 4 aliphatic rings. The molecule has 0 amide bonds. The zero-order valence-electron chi connectivity index (χ0n) is 16.9. The Hall–Kier alpha value is -1.48. The second kappa shape index (κ2) is 6.01. The number of aliphatic hydroxyl groups excluding tert-OH is 1. The number of aliphatic hydroxyl groups is 1. The van der Waals surface area contributed by atoms with E-state index >= 15 is 0 Å². The average Bonchev–Trinajstić information content (AvgIpc) is 3.01. The number of nitrogens with zero attached hydrogens (tertiary/aromatic N) is 2. The van der Waals surface area contributed by atoms with Gasteiger partial charge in [0.1, 0.15) is 6.33 Å². The van der Waals surface area contributed by atoms with Crippen LogP contribution in [0.4, 0.5) is 0 Å². The van der Waals surface area contributed by atoms with Crippen molar-refractivity contribution in [1.29, 1.82) is 0 Å². The second-order valence-corrected chi connectivity index (χ2v) is 10.1. The monoisotopic (exact) mass is 364 g/mol. The van der Waals surface area contributed by atoms with Gasteiger partial charge in [-0.2, -0.15) is 0 Å². The molecule has 1 N–H and O–H groups in total. The quantitative estimate of drug-likeness (QED) is 0.710. The minimum Gasteiger partial charge on any atom is -0.393 e. The summed E-state index contributed by atoms with van der Waals surface area (Å²) in [6, 6.07) is 2.08. The van der Waals surface area contributed by atoms with Gasteiger partial charge in [-0.25, -0.2) is 9.97 Å². The van der Waals surface area contributed by atoms with Crippen LogP contribution in [0.25, 0.3) is 5.57 Å². The molecule has 7 atom stereocenters. The molecule has 0 spiro atoms. The first-order valence-corrected chi connectivity index (χ1v) is 10.8. The fourth-order valence-corrected chi connectivity index (χ4v) is 7.42. The normalized spacial score (nSPS) is 46.0. The number of rotatable bonds is 1. The van der Waals surface area contributed by atoms with E-state index in [1.807, 2.05) is 6.20 Å². The fourth-order valence-electron chi connectivity index (χ4n) is 7.42. The van der Waals surface area contributed by atoms with Gasteiger partial charge >= 0.3 is 0 Å². The molecule has 0 aliphatic heterocycles. The summed E-state index contributed by atoms with van der Waals surface area (Å²) in [5, 5.41) is 10.2. The summed E-state index contributed by atoms with van der Waals surface area (Å²) >= 11 is 0. The highest BCUT2D eigenvalue weighted by Crippen LogP contribution is 2.67. The number of fused-ring (bicyclic) bond motifs is 5. The van der Waals surface area contributed by atoms with E-state index in [9.17, 15) is 5.11 Å². The average molecular weight is 365 g/mol. The Balaban J connectivity index is 1.52. The van der Waals surface area contributed by atoms with Crippen LogP contribution in [0.15, 0.2) is 36.3 Å². The maximum atomic E-state index is 10.2. The zero-order chi connectivity index (χ0) is 18.8. The van der Waals surface area contributed by atoms with Gasteiger partial charge in [-0.1, -0.05) is 38.5 Å². The van der Waals surface area contributed by atoms with E-state index in [2.05, 4.69) is 49.0 Å². The van der Waals surface area contributed by atoms with E-state index in [0.29, 0.717) is 17.3 Å². The fraction of sp³-hybridized carbons (Fsp3) is 0.667. The highest BCUT2D eigenvalue weighted by Gasteiger charge is 2.58. The Labute approximate surface area is 163 Å². The van der Waals surface area contributed by atoms with Crippen molar-refractivity contribution in [2.75, 3.05) is 0 Å². The first-order chi connectivity index (χ1) is 12.9. The van der Waals surface area contributed by atoms with Crippen LogP contribution < -0.4 is 0 Å². The van der Waals surface area contributed by atoms with Gasteiger partial charge in [0.15, 0.2) is 0 Å². The summed E-state index contributed by atoms with van der Waals surface area (Å²) in [5.41, 5.74) is 4.68. The van der Waals surface area contributed by atoms with Crippen molar-refractivity contribution in [2.24, 2.45) is 34.5 Å². The molecule has 0 radical (unpaired) electrons. The molecule has 2 unspecified atom stereocenters. The van der Waals surface area contributed by atoms with Crippen LogP contribution in [-0.4, -0.2) is 21.2 Å². The van der Waals surface area contributed by atoms with E-state index in [0.717, 1.165) is 36.8 Å². The molecule has 1 aromatic heterocycles. The molecule has 0 saturated heterocycles. The molecular formula is C24H32N2O. The number of hydrogen-bond donors (Lipinski definition) is 1. The Kier molecular flexibility index (Phi) is 3.92. The smallest absolute Gasteiger partial charge is 0.116 e. The molecule has 2 saturated carbocycles. The molecule has 3 nitrogen and oxygen atoms in total. The van der Waals surface area contributed by atoms with Crippen LogP contribution in [0, 0.1) is 34.5 Å². The van der Waals surface area contributed by atoms with Gasteiger partial charge < -0.3 is 5.11 Å². The largest absolute Gasteiger partial charge is 0.393 e. The predicted octanol–water partition coefficient (Wildman–Crippen LogP) is 5.04. The Morgan fingerprint density at radius 1 is 1.11 bits per heavy atom. The lowest BCUT2D eigenvalue weighted by Crippen LogP contribution is -2.52. The molecule has 3 heteroatoms. The Morgan fingerprint density at radius 3 is 2.70 bits per heavy atom. The SMILES string of the molecule is CC1C=C2CC(O)CC[C@]2(C)[C@@H]2CC[C@]3(C)C(c4ccncn4)=CC[C@H]3[C@H]12. The minimum absolute atomic E-state index is 0.126. The molecule has 1 aromatic rings. The van der Waals surface area contributed by atoms with Crippen LogP contribution >= 0.6 is 0 Å². The van der Waals surface area contributed by atoms with Gasteiger partial charge in [0.25, 0.3) is 0 Å². The molecule has 0 bridgehead atoms. The number of aromatic nitrogens is 2. The highest BCUT2D eigenvalue weighted by atomic mass is 16.3. The van der Waals surface area contributed by atoms with Crippen molar-refractivity contribution in [3.05, 3.63) is 42.0 Å². The van der Waals surface area contributed by atoms with E-state index in [1.165, 1.54) is 24.8 Å². The van der Waals surface area contributed by atoms with E-state index < -0.39 is 0 Å². The lowest BCUT2D eigenvalue weighted by Gasteiger charge is -2.59. The third-order valence-electron chi connectivity index (χ3n) is 8.85. The molecule has 144 valence electrons. The molecular weight excluding hydrogens is 332 g/mol. The zero-order valence-corrected chi connectivity index (χ0v) is 16.9. The van der Waals surface area contributed by atoms with Crippen LogP contribution in [-0.2, 0) is 0 Å².